The lowest BCUT2D eigenvalue weighted by atomic mass is 9.86. The number of hydrogen-bond acceptors (Lipinski definition) is 3. The molecular formula is C24H34O3. The fourth-order valence-corrected chi connectivity index (χ4v) is 2.41. The maximum absolute atomic E-state index is 11.1. The van der Waals surface area contributed by atoms with Crippen molar-refractivity contribution in [2.75, 3.05) is 19.8 Å². The first-order valence-corrected chi connectivity index (χ1v) is 9.83. The summed E-state index contributed by atoms with van der Waals surface area (Å²) in [5.41, 5.74) is 3.86. The molecule has 2 aromatic rings. The van der Waals surface area contributed by atoms with Crippen LogP contribution in [0.15, 0.2) is 48.5 Å². The van der Waals surface area contributed by atoms with Crippen molar-refractivity contribution in [3.63, 3.8) is 0 Å². The van der Waals surface area contributed by atoms with Crippen molar-refractivity contribution in [3.8, 4) is 16.9 Å². The predicted molar refractivity (Wildman–Crippen MR) is 114 cm³/mol. The van der Waals surface area contributed by atoms with Gasteiger partial charge in [0.15, 0.2) is 5.78 Å². The normalized spacial score (nSPS) is 10.7. The van der Waals surface area contributed by atoms with Crippen molar-refractivity contribution in [3.05, 3.63) is 54.1 Å². The van der Waals surface area contributed by atoms with Crippen LogP contribution in [0.5, 0.6) is 5.75 Å². The van der Waals surface area contributed by atoms with Crippen LogP contribution in [0.4, 0.5) is 0 Å². The van der Waals surface area contributed by atoms with Gasteiger partial charge in [0.2, 0.25) is 0 Å². The van der Waals surface area contributed by atoms with Gasteiger partial charge >= 0.3 is 0 Å². The van der Waals surface area contributed by atoms with Crippen molar-refractivity contribution >= 4 is 5.78 Å². The highest BCUT2D eigenvalue weighted by Gasteiger charge is 2.13. The second kappa shape index (κ2) is 11.6. The molecular weight excluding hydrogens is 336 g/mol. The minimum atomic E-state index is 0.113. The largest absolute Gasteiger partial charge is 0.491 e. The third kappa shape index (κ3) is 7.96. The first-order valence-electron chi connectivity index (χ1n) is 9.83. The third-order valence-electron chi connectivity index (χ3n) is 4.09. The van der Waals surface area contributed by atoms with Crippen LogP contribution >= 0.6 is 0 Å². The molecule has 3 heteroatoms. The minimum absolute atomic E-state index is 0.113. The summed E-state index contributed by atoms with van der Waals surface area (Å²) in [4.78, 5) is 11.1. The van der Waals surface area contributed by atoms with Gasteiger partial charge < -0.3 is 9.47 Å². The molecule has 0 radical (unpaired) electrons. The zero-order chi connectivity index (χ0) is 20.3. The maximum atomic E-state index is 11.1. The van der Waals surface area contributed by atoms with E-state index in [9.17, 15) is 4.79 Å². The zero-order valence-electron chi connectivity index (χ0n) is 17.7. The van der Waals surface area contributed by atoms with Crippen molar-refractivity contribution in [1.82, 2.24) is 0 Å². The standard InChI is InChI=1S/C22H28O3.C2H6/c1-5-20(23)16-24-14-15-25-21-12-8-18(9-13-21)17-6-10-19(11-7-17)22(2,3)4;1-2/h6-13H,5,14-16H2,1-4H3;1-2H3. The van der Waals surface area contributed by atoms with E-state index in [-0.39, 0.29) is 17.8 Å². The van der Waals surface area contributed by atoms with Crippen molar-refractivity contribution in [2.24, 2.45) is 0 Å². The molecule has 0 bridgehead atoms. The molecule has 0 saturated heterocycles. The minimum Gasteiger partial charge on any atom is -0.491 e. The van der Waals surface area contributed by atoms with E-state index >= 15 is 0 Å². The molecule has 2 aromatic carbocycles. The fourth-order valence-electron chi connectivity index (χ4n) is 2.41. The molecule has 0 heterocycles. The molecule has 0 amide bonds. The molecule has 0 aliphatic heterocycles. The van der Waals surface area contributed by atoms with Crippen LogP contribution in [-0.2, 0) is 14.9 Å². The topological polar surface area (TPSA) is 35.5 Å². The quantitative estimate of drug-likeness (QED) is 0.530. The number of carbonyl (C=O) groups excluding carboxylic acids is 1. The number of ketones is 1. The first-order chi connectivity index (χ1) is 12.9. The SMILES string of the molecule is CC.CCC(=O)COCCOc1ccc(-c2ccc(C(C)(C)C)cc2)cc1. The highest BCUT2D eigenvalue weighted by molar-refractivity contribution is 5.79. The lowest BCUT2D eigenvalue weighted by Crippen LogP contribution is -2.12. The molecule has 0 aromatic heterocycles. The molecule has 0 spiro atoms. The van der Waals surface area contributed by atoms with E-state index in [1.165, 1.54) is 11.1 Å². The van der Waals surface area contributed by atoms with Gasteiger partial charge in [-0.05, 0) is 34.2 Å². The molecule has 0 aliphatic carbocycles. The summed E-state index contributed by atoms with van der Waals surface area (Å²) in [6.45, 7) is 13.5. The van der Waals surface area contributed by atoms with Crippen molar-refractivity contribution in [1.29, 1.82) is 0 Å². The van der Waals surface area contributed by atoms with Crippen LogP contribution in [0.25, 0.3) is 11.1 Å². The molecule has 27 heavy (non-hydrogen) atoms. The average Bonchev–Trinajstić information content (AvgIpc) is 2.69. The molecule has 0 saturated carbocycles. The highest BCUT2D eigenvalue weighted by atomic mass is 16.5. The Labute approximate surface area is 164 Å². The van der Waals surface area contributed by atoms with E-state index in [4.69, 9.17) is 9.47 Å². The van der Waals surface area contributed by atoms with E-state index in [1.807, 2.05) is 32.9 Å². The molecule has 2 rings (SSSR count). The Kier molecular flexibility index (Phi) is 9.81. The number of rotatable bonds is 8. The van der Waals surface area contributed by atoms with Crippen LogP contribution in [0.1, 0.15) is 53.5 Å². The van der Waals surface area contributed by atoms with Gasteiger partial charge in [-0.2, -0.15) is 0 Å². The van der Waals surface area contributed by atoms with Crippen molar-refractivity contribution < 1.29 is 14.3 Å². The first kappa shape index (κ1) is 22.9. The Morgan fingerprint density at radius 3 is 1.85 bits per heavy atom. The fraction of sp³-hybridized carbons (Fsp3) is 0.458. The molecule has 0 unspecified atom stereocenters. The van der Waals surface area contributed by atoms with Gasteiger partial charge in [0.1, 0.15) is 19.0 Å². The smallest absolute Gasteiger partial charge is 0.158 e. The second-order valence-electron chi connectivity index (χ2n) is 7.15. The average molecular weight is 371 g/mol. The third-order valence-corrected chi connectivity index (χ3v) is 4.09. The molecule has 3 nitrogen and oxygen atoms in total. The Balaban J connectivity index is 0.00000176. The van der Waals surface area contributed by atoms with E-state index in [0.717, 1.165) is 11.3 Å². The molecule has 0 atom stereocenters. The second-order valence-corrected chi connectivity index (χ2v) is 7.15. The molecule has 148 valence electrons. The van der Waals surface area contributed by atoms with Gasteiger partial charge in [-0.3, -0.25) is 4.79 Å². The number of carbonyl (C=O) groups is 1. The van der Waals surface area contributed by atoms with Gasteiger partial charge in [0.25, 0.3) is 0 Å². The summed E-state index contributed by atoms with van der Waals surface area (Å²) in [6, 6.07) is 16.7. The Morgan fingerprint density at radius 2 is 1.37 bits per heavy atom. The van der Waals surface area contributed by atoms with Crippen LogP contribution in [-0.4, -0.2) is 25.6 Å². The summed E-state index contributed by atoms with van der Waals surface area (Å²) in [6.07, 6.45) is 0.513. The molecule has 0 fully saturated rings. The summed E-state index contributed by atoms with van der Waals surface area (Å²) in [5, 5.41) is 0. The number of benzene rings is 2. The molecule has 0 aliphatic rings. The molecule has 0 N–H and O–H groups in total. The Bertz CT molecular complexity index is 664. The van der Waals surface area contributed by atoms with Gasteiger partial charge in [0, 0.05) is 6.42 Å². The van der Waals surface area contributed by atoms with E-state index < -0.39 is 0 Å². The summed E-state index contributed by atoms with van der Waals surface area (Å²) in [5.74, 6) is 0.919. The van der Waals surface area contributed by atoms with Crippen LogP contribution in [0.3, 0.4) is 0 Å². The lowest BCUT2D eigenvalue weighted by Gasteiger charge is -2.19. The van der Waals surface area contributed by atoms with Gasteiger partial charge in [-0.1, -0.05) is 77.9 Å². The van der Waals surface area contributed by atoms with Gasteiger partial charge in [-0.15, -0.1) is 0 Å². The van der Waals surface area contributed by atoms with Crippen molar-refractivity contribution in [2.45, 2.75) is 53.4 Å². The predicted octanol–water partition coefficient (Wildman–Crippen LogP) is 6.05. The maximum Gasteiger partial charge on any atom is 0.158 e. The van der Waals surface area contributed by atoms with Gasteiger partial charge in [0.05, 0.1) is 6.61 Å². The van der Waals surface area contributed by atoms with Gasteiger partial charge in [-0.25, -0.2) is 0 Å². The number of Topliss-reactive ketones (excluding diaryl/α,β-unsaturated/α-hetero) is 1. The van der Waals surface area contributed by atoms with E-state index in [0.29, 0.717) is 19.6 Å². The number of ether oxygens (including phenoxy) is 2. The zero-order valence-corrected chi connectivity index (χ0v) is 17.7. The summed E-state index contributed by atoms with van der Waals surface area (Å²) >= 11 is 0. The Morgan fingerprint density at radius 1 is 0.852 bits per heavy atom. The lowest BCUT2D eigenvalue weighted by molar-refractivity contribution is -0.123. The summed E-state index contributed by atoms with van der Waals surface area (Å²) < 4.78 is 10.9. The summed E-state index contributed by atoms with van der Waals surface area (Å²) in [7, 11) is 0. The monoisotopic (exact) mass is 370 g/mol. The van der Waals surface area contributed by atoms with Crippen LogP contribution < -0.4 is 4.74 Å². The highest BCUT2D eigenvalue weighted by Crippen LogP contribution is 2.27. The van der Waals surface area contributed by atoms with Crippen LogP contribution in [0, 0.1) is 0 Å². The number of hydrogen-bond donors (Lipinski definition) is 0. The van der Waals surface area contributed by atoms with E-state index in [1.54, 1.807) is 0 Å². The van der Waals surface area contributed by atoms with Crippen LogP contribution in [0.2, 0.25) is 0 Å². The Hall–Kier alpha value is -2.13. The van der Waals surface area contributed by atoms with E-state index in [2.05, 4.69) is 57.2 Å².